The molecular formula is C16H18N6OS3. The Bertz CT molecular complexity index is 901. The van der Waals surface area contributed by atoms with E-state index in [1.54, 1.807) is 5.51 Å². The monoisotopic (exact) mass is 406 g/mol. The molecule has 0 bridgehead atoms. The van der Waals surface area contributed by atoms with E-state index in [2.05, 4.69) is 42.6 Å². The van der Waals surface area contributed by atoms with Crippen molar-refractivity contribution in [3.8, 4) is 11.4 Å². The first-order chi connectivity index (χ1) is 12.8. The maximum absolute atomic E-state index is 12.1. The Kier molecular flexibility index (Phi) is 5.32. The van der Waals surface area contributed by atoms with Crippen LogP contribution in [-0.4, -0.2) is 36.6 Å². The van der Waals surface area contributed by atoms with Crippen molar-refractivity contribution in [1.29, 1.82) is 0 Å². The average Bonchev–Trinajstić information content (AvgIpc) is 3.38. The van der Waals surface area contributed by atoms with Crippen molar-refractivity contribution in [1.82, 2.24) is 25.0 Å². The van der Waals surface area contributed by atoms with Gasteiger partial charge in [-0.1, -0.05) is 23.1 Å². The second-order valence-electron chi connectivity index (χ2n) is 5.89. The van der Waals surface area contributed by atoms with E-state index < -0.39 is 0 Å². The van der Waals surface area contributed by atoms with Crippen molar-refractivity contribution in [2.24, 2.45) is 0 Å². The van der Waals surface area contributed by atoms with Gasteiger partial charge in [-0.25, -0.2) is 0 Å². The number of rotatable bonds is 6. The highest BCUT2D eigenvalue weighted by atomic mass is 32.2. The van der Waals surface area contributed by atoms with Crippen LogP contribution in [0.1, 0.15) is 30.2 Å². The molecule has 4 rings (SSSR count). The maximum atomic E-state index is 12.1. The van der Waals surface area contributed by atoms with Crippen molar-refractivity contribution in [3.63, 3.8) is 0 Å². The van der Waals surface area contributed by atoms with Crippen molar-refractivity contribution in [2.45, 2.75) is 44.3 Å². The number of amides is 1. The molecule has 0 saturated carbocycles. The molecule has 3 heterocycles. The molecule has 1 N–H and O–H groups in total. The standard InChI is InChI=1S/C16H18N6OS3/c1-2-22-14(11-7-24-12-6-4-3-5-10(11)12)19-21-16(22)25-8-13(23)18-15-20-17-9-26-15/h7,9H,2-6,8H2,1H3,(H,18,20,23). The van der Waals surface area contributed by atoms with E-state index >= 15 is 0 Å². The molecule has 3 aromatic heterocycles. The van der Waals surface area contributed by atoms with Gasteiger partial charge in [-0.05, 0) is 38.2 Å². The molecule has 0 atom stereocenters. The Morgan fingerprint density at radius 3 is 2.96 bits per heavy atom. The molecule has 0 aromatic carbocycles. The molecule has 0 unspecified atom stereocenters. The Hall–Kier alpha value is -1.78. The molecule has 1 amide bonds. The van der Waals surface area contributed by atoms with E-state index in [9.17, 15) is 4.79 Å². The zero-order chi connectivity index (χ0) is 17.9. The van der Waals surface area contributed by atoms with Crippen LogP contribution in [0.4, 0.5) is 5.13 Å². The summed E-state index contributed by atoms with van der Waals surface area (Å²) in [5.74, 6) is 1.06. The number of hydrogen-bond donors (Lipinski definition) is 1. The van der Waals surface area contributed by atoms with Crippen LogP contribution in [0, 0.1) is 0 Å². The minimum Gasteiger partial charge on any atom is -0.302 e. The first-order valence-electron chi connectivity index (χ1n) is 8.48. The van der Waals surface area contributed by atoms with E-state index in [1.807, 2.05) is 11.3 Å². The summed E-state index contributed by atoms with van der Waals surface area (Å²) in [6, 6.07) is 0. The van der Waals surface area contributed by atoms with Gasteiger partial charge in [0.15, 0.2) is 11.0 Å². The summed E-state index contributed by atoms with van der Waals surface area (Å²) < 4.78 is 2.10. The van der Waals surface area contributed by atoms with Crippen LogP contribution in [0.3, 0.4) is 0 Å². The van der Waals surface area contributed by atoms with Crippen molar-refractivity contribution >= 4 is 45.5 Å². The van der Waals surface area contributed by atoms with Crippen LogP contribution in [0.5, 0.6) is 0 Å². The highest BCUT2D eigenvalue weighted by molar-refractivity contribution is 7.99. The highest BCUT2D eigenvalue weighted by Gasteiger charge is 2.22. The van der Waals surface area contributed by atoms with Gasteiger partial charge >= 0.3 is 0 Å². The van der Waals surface area contributed by atoms with Gasteiger partial charge in [0.2, 0.25) is 11.0 Å². The minimum atomic E-state index is -0.119. The Labute approximate surface area is 163 Å². The molecule has 136 valence electrons. The number of nitrogens with one attached hydrogen (secondary N) is 1. The lowest BCUT2D eigenvalue weighted by Gasteiger charge is -2.13. The molecule has 0 radical (unpaired) electrons. The van der Waals surface area contributed by atoms with Crippen LogP contribution in [0.25, 0.3) is 11.4 Å². The number of aromatic nitrogens is 5. The number of aryl methyl sites for hydroxylation is 1. The SMILES string of the molecule is CCn1c(SCC(=O)Nc2nncs2)nnc1-c1csc2c1CCCC2. The zero-order valence-corrected chi connectivity index (χ0v) is 16.7. The zero-order valence-electron chi connectivity index (χ0n) is 14.3. The van der Waals surface area contributed by atoms with Crippen molar-refractivity contribution < 1.29 is 4.79 Å². The molecule has 0 spiro atoms. The third-order valence-electron chi connectivity index (χ3n) is 4.27. The quantitative estimate of drug-likeness (QED) is 0.631. The van der Waals surface area contributed by atoms with E-state index in [1.165, 1.54) is 58.4 Å². The van der Waals surface area contributed by atoms with Gasteiger partial charge in [-0.2, -0.15) is 0 Å². The number of hydrogen-bond acceptors (Lipinski definition) is 8. The summed E-state index contributed by atoms with van der Waals surface area (Å²) in [7, 11) is 0. The van der Waals surface area contributed by atoms with Crippen molar-refractivity contribution in [2.75, 3.05) is 11.1 Å². The van der Waals surface area contributed by atoms with E-state index in [0.29, 0.717) is 5.13 Å². The summed E-state index contributed by atoms with van der Waals surface area (Å²) in [4.78, 5) is 13.6. The molecule has 0 saturated heterocycles. The molecule has 7 nitrogen and oxygen atoms in total. The van der Waals surface area contributed by atoms with Crippen LogP contribution in [0.15, 0.2) is 16.0 Å². The first-order valence-corrected chi connectivity index (χ1v) is 11.2. The number of fused-ring (bicyclic) bond motifs is 1. The molecule has 0 fully saturated rings. The van der Waals surface area contributed by atoms with E-state index in [0.717, 1.165) is 23.9 Å². The second kappa shape index (κ2) is 7.85. The summed E-state index contributed by atoms with van der Waals surface area (Å²) in [6.45, 7) is 2.85. The van der Waals surface area contributed by atoms with Crippen LogP contribution in [-0.2, 0) is 24.2 Å². The Balaban J connectivity index is 1.50. The number of nitrogens with zero attached hydrogens (tertiary/aromatic N) is 5. The third-order valence-corrected chi connectivity index (χ3v) is 6.94. The molecule has 1 aliphatic rings. The fraction of sp³-hybridized carbons (Fsp3) is 0.438. The van der Waals surface area contributed by atoms with Gasteiger partial charge in [-0.15, -0.1) is 31.7 Å². The van der Waals surface area contributed by atoms with Gasteiger partial charge in [0.05, 0.1) is 5.75 Å². The minimum absolute atomic E-state index is 0.119. The lowest BCUT2D eigenvalue weighted by Crippen LogP contribution is -2.14. The van der Waals surface area contributed by atoms with Gasteiger partial charge in [0, 0.05) is 22.4 Å². The van der Waals surface area contributed by atoms with Gasteiger partial charge in [0.1, 0.15) is 5.51 Å². The molecular weight excluding hydrogens is 388 g/mol. The Morgan fingerprint density at radius 2 is 2.15 bits per heavy atom. The average molecular weight is 407 g/mol. The summed E-state index contributed by atoms with van der Waals surface area (Å²) in [5.41, 5.74) is 4.24. The predicted octanol–water partition coefficient (Wildman–Crippen LogP) is 3.49. The van der Waals surface area contributed by atoms with Crippen LogP contribution < -0.4 is 5.32 Å². The number of thioether (sulfide) groups is 1. The first kappa shape index (κ1) is 17.6. The fourth-order valence-corrected chi connectivity index (χ4v) is 5.46. The molecule has 10 heteroatoms. The highest BCUT2D eigenvalue weighted by Crippen LogP contribution is 2.36. The van der Waals surface area contributed by atoms with E-state index in [4.69, 9.17) is 0 Å². The largest absolute Gasteiger partial charge is 0.302 e. The topological polar surface area (TPSA) is 85.6 Å². The summed E-state index contributed by atoms with van der Waals surface area (Å²) in [5, 5.41) is 22.5. The van der Waals surface area contributed by atoms with Crippen LogP contribution in [0.2, 0.25) is 0 Å². The van der Waals surface area contributed by atoms with E-state index in [-0.39, 0.29) is 11.7 Å². The normalized spacial score (nSPS) is 13.6. The van der Waals surface area contributed by atoms with Gasteiger partial charge < -0.3 is 4.57 Å². The fourth-order valence-electron chi connectivity index (χ4n) is 3.07. The Morgan fingerprint density at radius 1 is 1.27 bits per heavy atom. The third kappa shape index (κ3) is 3.53. The summed E-state index contributed by atoms with van der Waals surface area (Å²) >= 11 is 4.53. The van der Waals surface area contributed by atoms with Gasteiger partial charge in [-0.3, -0.25) is 10.1 Å². The number of carbonyl (C=O) groups excluding carboxylic acids is 1. The second-order valence-corrected chi connectivity index (χ2v) is 8.63. The lowest BCUT2D eigenvalue weighted by atomic mass is 9.96. The maximum Gasteiger partial charge on any atom is 0.236 e. The molecule has 26 heavy (non-hydrogen) atoms. The van der Waals surface area contributed by atoms with Gasteiger partial charge in [0.25, 0.3) is 0 Å². The number of anilines is 1. The lowest BCUT2D eigenvalue weighted by molar-refractivity contribution is -0.113. The molecule has 1 aliphatic carbocycles. The molecule has 3 aromatic rings. The molecule has 0 aliphatic heterocycles. The predicted molar refractivity (Wildman–Crippen MR) is 105 cm³/mol. The number of carbonyl (C=O) groups is 1. The smallest absolute Gasteiger partial charge is 0.236 e. The van der Waals surface area contributed by atoms with Crippen molar-refractivity contribution in [3.05, 3.63) is 21.3 Å². The van der Waals surface area contributed by atoms with Crippen LogP contribution >= 0.6 is 34.4 Å². The number of thiophene rings is 1. The summed E-state index contributed by atoms with van der Waals surface area (Å²) in [6.07, 6.45) is 4.81.